The topological polar surface area (TPSA) is 88.4 Å². The summed E-state index contributed by atoms with van der Waals surface area (Å²) >= 11 is 1.41. The van der Waals surface area contributed by atoms with Crippen molar-refractivity contribution in [3.8, 4) is 0 Å². The molecule has 0 saturated heterocycles. The van der Waals surface area contributed by atoms with Crippen LogP contribution in [0.5, 0.6) is 0 Å². The zero-order valence-corrected chi connectivity index (χ0v) is 13.6. The molecule has 1 unspecified atom stereocenters. The van der Waals surface area contributed by atoms with Crippen LogP contribution in [-0.4, -0.2) is 15.8 Å². The standard InChI is InChI=1S/C17H12N4O3S/c22-17-13-6-1-2-7-14(13)19-15(16-18-8-9-25-16)20(17)11-4-3-5-12(10-11)21(23)24/h1-10,15,19H. The molecule has 25 heavy (non-hydrogen) atoms. The largest absolute Gasteiger partial charge is 0.359 e. The molecule has 124 valence electrons. The van der Waals surface area contributed by atoms with Crippen molar-refractivity contribution < 1.29 is 9.72 Å². The summed E-state index contributed by atoms with van der Waals surface area (Å²) in [7, 11) is 0. The van der Waals surface area contributed by atoms with Gasteiger partial charge in [-0.1, -0.05) is 18.2 Å². The Morgan fingerprint density at radius 1 is 1.20 bits per heavy atom. The van der Waals surface area contributed by atoms with Crippen molar-refractivity contribution in [3.05, 3.63) is 80.8 Å². The molecular weight excluding hydrogens is 340 g/mol. The number of hydrogen-bond acceptors (Lipinski definition) is 6. The molecule has 1 aromatic heterocycles. The number of nitro benzene ring substituents is 1. The number of non-ortho nitro benzene ring substituents is 1. The molecule has 1 N–H and O–H groups in total. The third-order valence-electron chi connectivity index (χ3n) is 3.93. The number of benzene rings is 2. The summed E-state index contributed by atoms with van der Waals surface area (Å²) in [5.74, 6) is -0.227. The van der Waals surface area contributed by atoms with Gasteiger partial charge in [0.15, 0.2) is 6.17 Å². The van der Waals surface area contributed by atoms with Gasteiger partial charge in [-0.3, -0.25) is 19.8 Å². The predicted octanol–water partition coefficient (Wildman–Crippen LogP) is 3.82. The molecule has 0 radical (unpaired) electrons. The first-order chi connectivity index (χ1) is 12.1. The molecule has 0 bridgehead atoms. The Hall–Kier alpha value is -3.26. The SMILES string of the molecule is O=C1c2ccccc2NC(c2nccs2)N1c1cccc([N+](=O)[O-])c1. The van der Waals surface area contributed by atoms with Gasteiger partial charge < -0.3 is 5.32 Å². The summed E-state index contributed by atoms with van der Waals surface area (Å²) in [6.07, 6.45) is 1.14. The van der Waals surface area contributed by atoms with Crippen LogP contribution in [-0.2, 0) is 0 Å². The number of rotatable bonds is 3. The summed E-state index contributed by atoms with van der Waals surface area (Å²) in [6, 6.07) is 13.2. The molecule has 2 heterocycles. The zero-order chi connectivity index (χ0) is 17.4. The van der Waals surface area contributed by atoms with Crippen LogP contribution < -0.4 is 10.2 Å². The normalized spacial score (nSPS) is 16.2. The Labute approximate surface area is 146 Å². The second kappa shape index (κ2) is 5.99. The maximum atomic E-state index is 13.1. The van der Waals surface area contributed by atoms with Crippen LogP contribution >= 0.6 is 11.3 Å². The highest BCUT2D eigenvalue weighted by molar-refractivity contribution is 7.09. The monoisotopic (exact) mass is 352 g/mol. The number of hydrogen-bond donors (Lipinski definition) is 1. The Kier molecular flexibility index (Phi) is 3.66. The fraction of sp³-hybridized carbons (Fsp3) is 0.0588. The van der Waals surface area contributed by atoms with Crippen molar-refractivity contribution in [3.63, 3.8) is 0 Å². The van der Waals surface area contributed by atoms with Gasteiger partial charge >= 0.3 is 0 Å². The van der Waals surface area contributed by atoms with Crippen molar-refractivity contribution in [2.75, 3.05) is 10.2 Å². The first-order valence-electron chi connectivity index (χ1n) is 7.48. The van der Waals surface area contributed by atoms with Crippen molar-refractivity contribution in [2.45, 2.75) is 6.17 Å². The number of aromatic nitrogens is 1. The molecule has 4 rings (SSSR count). The van der Waals surface area contributed by atoms with Crippen LogP contribution in [0.2, 0.25) is 0 Å². The predicted molar refractivity (Wildman–Crippen MR) is 94.8 cm³/mol. The van der Waals surface area contributed by atoms with Crippen LogP contribution in [0, 0.1) is 10.1 Å². The minimum absolute atomic E-state index is 0.0675. The zero-order valence-electron chi connectivity index (χ0n) is 12.8. The molecule has 2 aromatic carbocycles. The van der Waals surface area contributed by atoms with Gasteiger partial charge in [-0.05, 0) is 18.2 Å². The average molecular weight is 352 g/mol. The van der Waals surface area contributed by atoms with Crippen molar-refractivity contribution in [1.82, 2.24) is 4.98 Å². The van der Waals surface area contributed by atoms with Crippen LogP contribution in [0.4, 0.5) is 17.1 Å². The molecule has 1 atom stereocenters. The minimum atomic E-state index is -0.524. The van der Waals surface area contributed by atoms with E-state index in [-0.39, 0.29) is 11.6 Å². The van der Waals surface area contributed by atoms with E-state index in [0.29, 0.717) is 16.3 Å². The number of carbonyl (C=O) groups excluding carboxylic acids is 1. The van der Waals surface area contributed by atoms with Gasteiger partial charge in [0.1, 0.15) is 5.01 Å². The van der Waals surface area contributed by atoms with Gasteiger partial charge in [-0.15, -0.1) is 11.3 Å². The second-order valence-corrected chi connectivity index (χ2v) is 6.34. The first-order valence-corrected chi connectivity index (χ1v) is 8.36. The quantitative estimate of drug-likeness (QED) is 0.572. The van der Waals surface area contributed by atoms with Crippen molar-refractivity contribution >= 4 is 34.3 Å². The molecule has 0 aliphatic carbocycles. The smallest absolute Gasteiger partial charge is 0.271 e. The molecule has 7 nitrogen and oxygen atoms in total. The highest BCUT2D eigenvalue weighted by Crippen LogP contribution is 2.37. The van der Waals surface area contributed by atoms with Crippen LogP contribution in [0.25, 0.3) is 0 Å². The van der Waals surface area contributed by atoms with Crippen molar-refractivity contribution in [1.29, 1.82) is 0 Å². The number of fused-ring (bicyclic) bond motifs is 1. The maximum Gasteiger partial charge on any atom is 0.271 e. The van der Waals surface area contributed by atoms with Gasteiger partial charge in [-0.25, -0.2) is 4.98 Å². The molecule has 3 aromatic rings. The second-order valence-electron chi connectivity index (χ2n) is 5.41. The Bertz CT molecular complexity index is 958. The molecular formula is C17H12N4O3S. The minimum Gasteiger partial charge on any atom is -0.359 e. The Morgan fingerprint density at radius 2 is 2.04 bits per heavy atom. The lowest BCUT2D eigenvalue weighted by Gasteiger charge is -2.36. The average Bonchev–Trinajstić information content (AvgIpc) is 3.16. The lowest BCUT2D eigenvalue weighted by Crippen LogP contribution is -2.43. The summed E-state index contributed by atoms with van der Waals surface area (Å²) in [4.78, 5) is 29.5. The Balaban J connectivity index is 1.86. The number of nitrogens with zero attached hydrogens (tertiary/aromatic N) is 3. The van der Waals surface area contributed by atoms with E-state index in [4.69, 9.17) is 0 Å². The van der Waals surface area contributed by atoms with E-state index in [0.717, 1.165) is 5.69 Å². The van der Waals surface area contributed by atoms with Crippen molar-refractivity contribution in [2.24, 2.45) is 0 Å². The third kappa shape index (κ3) is 2.62. The molecule has 0 fully saturated rings. The molecule has 1 amide bonds. The number of nitro groups is 1. The van der Waals surface area contributed by atoms with Gasteiger partial charge in [-0.2, -0.15) is 0 Å². The highest BCUT2D eigenvalue weighted by atomic mass is 32.1. The van der Waals surface area contributed by atoms with Gasteiger partial charge in [0.25, 0.3) is 11.6 Å². The van der Waals surface area contributed by atoms with E-state index in [1.165, 1.54) is 28.4 Å². The fourth-order valence-corrected chi connectivity index (χ4v) is 3.49. The fourth-order valence-electron chi connectivity index (χ4n) is 2.82. The maximum absolute atomic E-state index is 13.1. The van der Waals surface area contributed by atoms with Gasteiger partial charge in [0.2, 0.25) is 0 Å². The molecule has 0 saturated carbocycles. The first kappa shape index (κ1) is 15.3. The van der Waals surface area contributed by atoms with E-state index in [9.17, 15) is 14.9 Å². The number of thiazole rings is 1. The summed E-state index contributed by atoms with van der Waals surface area (Å²) in [5.41, 5.74) is 1.61. The number of anilines is 2. The molecule has 1 aliphatic heterocycles. The molecule has 8 heteroatoms. The van der Waals surface area contributed by atoms with Crippen LogP contribution in [0.15, 0.2) is 60.1 Å². The lowest BCUT2D eigenvalue weighted by atomic mass is 10.1. The number of para-hydroxylation sites is 1. The molecule has 0 spiro atoms. The van der Waals surface area contributed by atoms with E-state index in [2.05, 4.69) is 10.3 Å². The van der Waals surface area contributed by atoms with Crippen LogP contribution in [0.1, 0.15) is 21.5 Å². The van der Waals surface area contributed by atoms with E-state index in [1.807, 2.05) is 17.5 Å². The van der Waals surface area contributed by atoms with Crippen LogP contribution in [0.3, 0.4) is 0 Å². The Morgan fingerprint density at radius 3 is 2.80 bits per heavy atom. The number of nitrogens with one attached hydrogen (secondary N) is 1. The van der Waals surface area contributed by atoms with E-state index < -0.39 is 11.1 Å². The lowest BCUT2D eigenvalue weighted by molar-refractivity contribution is -0.384. The van der Waals surface area contributed by atoms with E-state index >= 15 is 0 Å². The van der Waals surface area contributed by atoms with Gasteiger partial charge in [0.05, 0.1) is 16.2 Å². The summed E-state index contributed by atoms with van der Waals surface area (Å²) in [5, 5.41) is 16.9. The number of amides is 1. The number of carbonyl (C=O) groups is 1. The molecule has 1 aliphatic rings. The van der Waals surface area contributed by atoms with E-state index in [1.54, 1.807) is 30.5 Å². The summed E-state index contributed by atoms with van der Waals surface area (Å²) < 4.78 is 0. The van der Waals surface area contributed by atoms with Gasteiger partial charge in [0, 0.05) is 29.4 Å². The third-order valence-corrected chi connectivity index (χ3v) is 4.76. The highest BCUT2D eigenvalue weighted by Gasteiger charge is 2.35. The summed E-state index contributed by atoms with van der Waals surface area (Å²) in [6.45, 7) is 0.